The molecule has 4 nitrogen and oxygen atoms in total. The quantitative estimate of drug-likeness (QED) is 0.834. The average molecular weight is 288 g/mol. The van der Waals surface area contributed by atoms with Gasteiger partial charge < -0.3 is 15.2 Å². The van der Waals surface area contributed by atoms with Crippen molar-refractivity contribution in [1.82, 2.24) is 4.90 Å². The third-order valence-electron chi connectivity index (χ3n) is 3.80. The molecule has 2 N–H and O–H groups in total. The number of methoxy groups -OCH3 is 2. The van der Waals surface area contributed by atoms with Crippen LogP contribution in [0, 0.1) is 17.8 Å². The smallest absolute Gasteiger partial charge is 0.119 e. The maximum atomic E-state index is 5.48. The number of rotatable bonds is 5. The Balaban J connectivity index is 2.10. The monoisotopic (exact) mass is 288 g/mol. The molecule has 1 aliphatic heterocycles. The molecule has 1 saturated heterocycles. The minimum atomic E-state index is 0.380. The van der Waals surface area contributed by atoms with Gasteiger partial charge in [-0.15, -0.1) is 0 Å². The van der Waals surface area contributed by atoms with Gasteiger partial charge in [-0.3, -0.25) is 4.90 Å². The summed E-state index contributed by atoms with van der Waals surface area (Å²) in [4.78, 5) is 2.45. The van der Waals surface area contributed by atoms with E-state index < -0.39 is 0 Å². The molecule has 0 aromatic heterocycles. The summed E-state index contributed by atoms with van der Waals surface area (Å²) in [5, 5.41) is 0. The first-order chi connectivity index (χ1) is 10.3. The number of hydrogen-bond acceptors (Lipinski definition) is 4. The fraction of sp³-hybridized carbons (Fsp3) is 0.529. The fourth-order valence-electron chi connectivity index (χ4n) is 2.77. The molecule has 0 saturated carbocycles. The van der Waals surface area contributed by atoms with Crippen LogP contribution in [0.25, 0.3) is 0 Å². The van der Waals surface area contributed by atoms with Gasteiger partial charge in [-0.05, 0) is 42.6 Å². The van der Waals surface area contributed by atoms with E-state index in [4.69, 9.17) is 15.2 Å². The molecular weight excluding hydrogens is 264 g/mol. The molecule has 1 aromatic rings. The molecule has 0 radical (unpaired) electrons. The maximum absolute atomic E-state index is 5.48. The van der Waals surface area contributed by atoms with Crippen LogP contribution >= 0.6 is 0 Å². The van der Waals surface area contributed by atoms with Gasteiger partial charge in [0.05, 0.1) is 20.3 Å². The molecule has 1 atom stereocenters. The van der Waals surface area contributed by atoms with Crippen molar-refractivity contribution in [3.05, 3.63) is 29.3 Å². The molecule has 114 valence electrons. The van der Waals surface area contributed by atoms with Crippen LogP contribution in [0.4, 0.5) is 0 Å². The van der Waals surface area contributed by atoms with E-state index in [-0.39, 0.29) is 0 Å². The maximum Gasteiger partial charge on any atom is 0.119 e. The summed E-state index contributed by atoms with van der Waals surface area (Å²) in [6.45, 7) is 4.30. The van der Waals surface area contributed by atoms with Crippen LogP contribution in [0.3, 0.4) is 0 Å². The molecule has 21 heavy (non-hydrogen) atoms. The van der Waals surface area contributed by atoms with Crippen molar-refractivity contribution in [3.8, 4) is 17.6 Å². The van der Waals surface area contributed by atoms with Crippen LogP contribution in [0.5, 0.6) is 5.75 Å². The predicted octanol–water partition coefficient (Wildman–Crippen LogP) is 1.47. The van der Waals surface area contributed by atoms with Crippen molar-refractivity contribution < 1.29 is 9.47 Å². The second-order valence-corrected chi connectivity index (χ2v) is 5.37. The Morgan fingerprint density at radius 2 is 2.24 bits per heavy atom. The molecule has 0 bridgehead atoms. The molecule has 0 aliphatic carbocycles. The number of benzene rings is 1. The Kier molecular flexibility index (Phi) is 6.06. The van der Waals surface area contributed by atoms with Crippen LogP contribution in [-0.2, 0) is 11.3 Å². The second-order valence-electron chi connectivity index (χ2n) is 5.37. The van der Waals surface area contributed by atoms with Gasteiger partial charge in [-0.25, -0.2) is 0 Å². The van der Waals surface area contributed by atoms with Crippen molar-refractivity contribution in [3.63, 3.8) is 0 Å². The molecule has 1 fully saturated rings. The Morgan fingerprint density at radius 3 is 2.95 bits per heavy atom. The van der Waals surface area contributed by atoms with Gasteiger partial charge in [0.25, 0.3) is 0 Å². The number of hydrogen-bond donors (Lipinski definition) is 1. The van der Waals surface area contributed by atoms with Gasteiger partial charge in [-0.1, -0.05) is 11.8 Å². The largest absolute Gasteiger partial charge is 0.497 e. The fourth-order valence-corrected chi connectivity index (χ4v) is 2.77. The third-order valence-corrected chi connectivity index (χ3v) is 3.80. The summed E-state index contributed by atoms with van der Waals surface area (Å²) in [7, 11) is 3.46. The van der Waals surface area contributed by atoms with E-state index in [2.05, 4.69) is 22.8 Å². The predicted molar refractivity (Wildman–Crippen MR) is 84.2 cm³/mol. The Bertz CT molecular complexity index is 519. The normalized spacial score (nSPS) is 18.3. The first-order valence-corrected chi connectivity index (χ1v) is 7.34. The molecule has 1 aromatic carbocycles. The first-order valence-electron chi connectivity index (χ1n) is 7.34. The van der Waals surface area contributed by atoms with E-state index in [0.29, 0.717) is 12.5 Å². The van der Waals surface area contributed by atoms with Crippen molar-refractivity contribution in [1.29, 1.82) is 0 Å². The van der Waals surface area contributed by atoms with Gasteiger partial charge in [0.2, 0.25) is 0 Å². The molecule has 0 spiro atoms. The topological polar surface area (TPSA) is 47.7 Å². The summed E-state index contributed by atoms with van der Waals surface area (Å²) in [6, 6.07) is 6.03. The lowest BCUT2D eigenvalue weighted by atomic mass is 10.1. The van der Waals surface area contributed by atoms with E-state index in [1.807, 2.05) is 12.1 Å². The van der Waals surface area contributed by atoms with E-state index in [1.165, 1.54) is 12.0 Å². The number of likely N-dealkylation sites (tertiary alicyclic amines) is 1. The Morgan fingerprint density at radius 1 is 1.38 bits per heavy atom. The van der Waals surface area contributed by atoms with Gasteiger partial charge in [0.15, 0.2) is 0 Å². The van der Waals surface area contributed by atoms with Gasteiger partial charge >= 0.3 is 0 Å². The average Bonchev–Trinajstić information content (AvgIpc) is 2.93. The van der Waals surface area contributed by atoms with Crippen LogP contribution < -0.4 is 10.5 Å². The highest BCUT2D eigenvalue weighted by molar-refractivity contribution is 5.45. The minimum Gasteiger partial charge on any atom is -0.497 e. The standard InChI is InChI=1S/C17H24N2O2/c1-20-13-14-7-9-19(11-14)12-16-10-17(21-2)6-5-15(16)4-3-8-18/h5-6,10,14H,7-9,11-13,18H2,1-2H3. The van der Waals surface area contributed by atoms with E-state index >= 15 is 0 Å². The molecule has 4 heteroatoms. The number of nitrogens with two attached hydrogens (primary N) is 1. The van der Waals surface area contributed by atoms with Crippen molar-refractivity contribution >= 4 is 0 Å². The van der Waals surface area contributed by atoms with E-state index in [1.54, 1.807) is 14.2 Å². The summed E-state index contributed by atoms with van der Waals surface area (Å²) in [6.07, 6.45) is 1.20. The molecule has 1 aliphatic rings. The van der Waals surface area contributed by atoms with E-state index in [0.717, 1.165) is 37.6 Å². The van der Waals surface area contributed by atoms with Crippen molar-refractivity contribution in [2.75, 3.05) is 40.5 Å². The zero-order valence-corrected chi connectivity index (χ0v) is 12.9. The summed E-state index contributed by atoms with van der Waals surface area (Å²) < 4.78 is 10.6. The lowest BCUT2D eigenvalue weighted by Gasteiger charge is -2.17. The lowest BCUT2D eigenvalue weighted by Crippen LogP contribution is -2.21. The molecule has 0 amide bonds. The number of nitrogens with zero attached hydrogens (tertiary/aromatic N) is 1. The van der Waals surface area contributed by atoms with Crippen LogP contribution in [0.15, 0.2) is 18.2 Å². The highest BCUT2D eigenvalue weighted by atomic mass is 16.5. The first kappa shape index (κ1) is 15.8. The van der Waals surface area contributed by atoms with Gasteiger partial charge in [0, 0.05) is 25.8 Å². The van der Waals surface area contributed by atoms with Crippen molar-refractivity contribution in [2.24, 2.45) is 11.7 Å². The summed E-state index contributed by atoms with van der Waals surface area (Å²) in [5.41, 5.74) is 7.72. The number of ether oxygens (including phenoxy) is 2. The zero-order valence-electron chi connectivity index (χ0n) is 12.9. The summed E-state index contributed by atoms with van der Waals surface area (Å²) >= 11 is 0. The van der Waals surface area contributed by atoms with E-state index in [9.17, 15) is 0 Å². The van der Waals surface area contributed by atoms with Gasteiger partial charge in [0.1, 0.15) is 5.75 Å². The summed E-state index contributed by atoms with van der Waals surface area (Å²) in [5.74, 6) is 7.60. The Labute approximate surface area is 127 Å². The van der Waals surface area contributed by atoms with Crippen molar-refractivity contribution in [2.45, 2.75) is 13.0 Å². The SMILES string of the molecule is COCC1CCN(Cc2cc(OC)ccc2C#CCN)C1. The molecular formula is C17H24N2O2. The Hall–Kier alpha value is -1.54. The molecule has 2 rings (SSSR count). The highest BCUT2D eigenvalue weighted by Crippen LogP contribution is 2.23. The van der Waals surface area contributed by atoms with Crippen LogP contribution in [-0.4, -0.2) is 45.4 Å². The third kappa shape index (κ3) is 4.47. The van der Waals surface area contributed by atoms with Gasteiger partial charge in [-0.2, -0.15) is 0 Å². The lowest BCUT2D eigenvalue weighted by molar-refractivity contribution is 0.152. The second kappa shape index (κ2) is 8.04. The minimum absolute atomic E-state index is 0.380. The zero-order chi connectivity index (χ0) is 15.1. The highest BCUT2D eigenvalue weighted by Gasteiger charge is 2.22. The van der Waals surface area contributed by atoms with Crippen LogP contribution in [0.2, 0.25) is 0 Å². The van der Waals surface area contributed by atoms with Crippen LogP contribution in [0.1, 0.15) is 17.5 Å². The molecule has 1 unspecified atom stereocenters. The molecule has 1 heterocycles.